The first-order valence-corrected chi connectivity index (χ1v) is 6.59. The van der Waals surface area contributed by atoms with Crippen molar-refractivity contribution in [2.75, 3.05) is 0 Å². The third kappa shape index (κ3) is 2.50. The molecule has 1 aliphatic rings. The van der Waals surface area contributed by atoms with E-state index < -0.39 is 0 Å². The van der Waals surface area contributed by atoms with Gasteiger partial charge in [-0.3, -0.25) is 5.84 Å². The molecule has 2 aromatic rings. The van der Waals surface area contributed by atoms with Gasteiger partial charge in [0.1, 0.15) is 5.82 Å². The third-order valence-corrected chi connectivity index (χ3v) is 3.75. The lowest BCUT2D eigenvalue weighted by Gasteiger charge is -2.14. The zero-order valence-corrected chi connectivity index (χ0v) is 11.0. The topological polar surface area (TPSA) is 63.8 Å². The predicted octanol–water partition coefficient (Wildman–Crippen LogP) is 2.09. The lowest BCUT2D eigenvalue weighted by Crippen LogP contribution is -2.31. The molecule has 3 atom stereocenters. The molecule has 0 spiro atoms. The Morgan fingerprint density at radius 1 is 1.21 bits per heavy atom. The minimum atomic E-state index is 0.0332. The van der Waals surface area contributed by atoms with Crippen molar-refractivity contribution in [1.82, 2.24) is 15.4 Å². The molecule has 0 bridgehead atoms. The van der Waals surface area contributed by atoms with E-state index in [1.165, 1.54) is 5.56 Å². The molecule has 3 rings (SSSR count). The van der Waals surface area contributed by atoms with Crippen LogP contribution in [0, 0.1) is 12.8 Å². The van der Waals surface area contributed by atoms with E-state index in [1.807, 2.05) is 25.4 Å². The summed E-state index contributed by atoms with van der Waals surface area (Å²) in [6, 6.07) is 10.6. The van der Waals surface area contributed by atoms with E-state index in [9.17, 15) is 0 Å². The number of aryl methyl sites for hydroxylation is 1. The van der Waals surface area contributed by atoms with Gasteiger partial charge in [-0.25, -0.2) is 15.4 Å². The average Bonchev–Trinajstić information content (AvgIpc) is 3.23. The quantitative estimate of drug-likeness (QED) is 0.648. The van der Waals surface area contributed by atoms with Gasteiger partial charge in [0, 0.05) is 12.4 Å². The standard InChI is InChI=1S/C15H18N4/c1-10-8-17-15(18-9-10)14(19-16)13-7-12(13)11-5-3-2-4-6-11/h2-6,8-9,12-14,19H,7,16H2,1H3. The minimum Gasteiger partial charge on any atom is -0.271 e. The van der Waals surface area contributed by atoms with Crippen LogP contribution in [0.15, 0.2) is 42.7 Å². The number of nitrogens with zero attached hydrogens (tertiary/aromatic N) is 2. The van der Waals surface area contributed by atoms with E-state index in [-0.39, 0.29) is 6.04 Å². The van der Waals surface area contributed by atoms with Crippen molar-refractivity contribution >= 4 is 0 Å². The van der Waals surface area contributed by atoms with Crippen molar-refractivity contribution in [3.8, 4) is 0 Å². The molecule has 1 heterocycles. The first-order valence-electron chi connectivity index (χ1n) is 6.59. The van der Waals surface area contributed by atoms with Crippen LogP contribution in [-0.4, -0.2) is 9.97 Å². The molecule has 0 radical (unpaired) electrons. The smallest absolute Gasteiger partial charge is 0.146 e. The van der Waals surface area contributed by atoms with Gasteiger partial charge in [0.05, 0.1) is 6.04 Å². The molecular formula is C15H18N4. The number of hydrazine groups is 1. The van der Waals surface area contributed by atoms with Crippen LogP contribution < -0.4 is 11.3 Å². The summed E-state index contributed by atoms with van der Waals surface area (Å²) in [5.41, 5.74) is 5.31. The largest absolute Gasteiger partial charge is 0.271 e. The maximum atomic E-state index is 5.69. The highest BCUT2D eigenvalue weighted by atomic mass is 15.3. The van der Waals surface area contributed by atoms with Gasteiger partial charge < -0.3 is 0 Å². The van der Waals surface area contributed by atoms with Crippen molar-refractivity contribution < 1.29 is 0 Å². The molecule has 1 fully saturated rings. The van der Waals surface area contributed by atoms with Crippen LogP contribution in [0.5, 0.6) is 0 Å². The van der Waals surface area contributed by atoms with Crippen molar-refractivity contribution in [2.45, 2.75) is 25.3 Å². The Morgan fingerprint density at radius 2 is 1.89 bits per heavy atom. The number of aromatic nitrogens is 2. The van der Waals surface area contributed by atoms with Gasteiger partial charge in [-0.2, -0.15) is 0 Å². The molecule has 98 valence electrons. The Balaban J connectivity index is 1.77. The molecule has 1 aliphatic carbocycles. The second-order valence-corrected chi connectivity index (χ2v) is 5.18. The fourth-order valence-electron chi connectivity index (χ4n) is 2.62. The molecule has 19 heavy (non-hydrogen) atoms. The zero-order chi connectivity index (χ0) is 13.2. The fourth-order valence-corrected chi connectivity index (χ4v) is 2.62. The monoisotopic (exact) mass is 254 g/mol. The second-order valence-electron chi connectivity index (χ2n) is 5.18. The normalized spacial score (nSPS) is 23.1. The minimum absolute atomic E-state index is 0.0332. The lowest BCUT2D eigenvalue weighted by atomic mass is 10.1. The molecule has 0 amide bonds. The van der Waals surface area contributed by atoms with E-state index in [0.29, 0.717) is 11.8 Å². The van der Waals surface area contributed by atoms with Crippen LogP contribution >= 0.6 is 0 Å². The molecule has 3 unspecified atom stereocenters. The van der Waals surface area contributed by atoms with E-state index in [0.717, 1.165) is 17.8 Å². The van der Waals surface area contributed by atoms with E-state index >= 15 is 0 Å². The summed E-state index contributed by atoms with van der Waals surface area (Å²) in [5.74, 6) is 7.53. The van der Waals surface area contributed by atoms with Crippen LogP contribution in [0.4, 0.5) is 0 Å². The Labute approximate surface area is 113 Å². The molecule has 3 N–H and O–H groups in total. The molecule has 1 saturated carbocycles. The van der Waals surface area contributed by atoms with E-state index in [4.69, 9.17) is 5.84 Å². The summed E-state index contributed by atoms with van der Waals surface area (Å²) < 4.78 is 0. The highest BCUT2D eigenvalue weighted by Crippen LogP contribution is 2.53. The number of rotatable bonds is 4. The highest BCUT2D eigenvalue weighted by molar-refractivity contribution is 5.27. The van der Waals surface area contributed by atoms with Crippen molar-refractivity contribution in [3.05, 3.63) is 59.7 Å². The SMILES string of the molecule is Cc1cnc(C(NN)C2CC2c2ccccc2)nc1. The van der Waals surface area contributed by atoms with Crippen molar-refractivity contribution in [3.63, 3.8) is 0 Å². The van der Waals surface area contributed by atoms with Crippen LogP contribution in [0.2, 0.25) is 0 Å². The van der Waals surface area contributed by atoms with Gasteiger partial charge >= 0.3 is 0 Å². The Hall–Kier alpha value is -1.78. The Morgan fingerprint density at radius 3 is 2.53 bits per heavy atom. The van der Waals surface area contributed by atoms with E-state index in [2.05, 4.69) is 39.7 Å². The fraction of sp³-hybridized carbons (Fsp3) is 0.333. The summed E-state index contributed by atoms with van der Waals surface area (Å²) in [7, 11) is 0. The number of nitrogens with two attached hydrogens (primary N) is 1. The molecular weight excluding hydrogens is 236 g/mol. The summed E-state index contributed by atoms with van der Waals surface area (Å²) >= 11 is 0. The van der Waals surface area contributed by atoms with Gasteiger partial charge in [-0.1, -0.05) is 30.3 Å². The number of hydrogen-bond donors (Lipinski definition) is 2. The van der Waals surface area contributed by atoms with Gasteiger partial charge in [0.2, 0.25) is 0 Å². The molecule has 1 aromatic carbocycles. The third-order valence-electron chi connectivity index (χ3n) is 3.75. The van der Waals surface area contributed by atoms with Crippen LogP contribution in [0.3, 0.4) is 0 Å². The van der Waals surface area contributed by atoms with Gasteiger partial charge in [-0.05, 0) is 36.3 Å². The first kappa shape index (κ1) is 12.3. The average molecular weight is 254 g/mol. The van der Waals surface area contributed by atoms with Crippen LogP contribution in [-0.2, 0) is 0 Å². The van der Waals surface area contributed by atoms with Gasteiger partial charge in [-0.15, -0.1) is 0 Å². The number of nitrogens with one attached hydrogen (secondary N) is 1. The van der Waals surface area contributed by atoms with Crippen LogP contribution in [0.1, 0.15) is 35.3 Å². The summed E-state index contributed by atoms with van der Waals surface area (Å²) in [6.07, 6.45) is 4.81. The summed E-state index contributed by atoms with van der Waals surface area (Å²) in [4.78, 5) is 8.77. The maximum absolute atomic E-state index is 5.69. The molecule has 0 aliphatic heterocycles. The molecule has 0 saturated heterocycles. The zero-order valence-electron chi connectivity index (χ0n) is 11.0. The highest BCUT2D eigenvalue weighted by Gasteiger charge is 2.45. The first-order chi connectivity index (χ1) is 9.29. The molecule has 4 nitrogen and oxygen atoms in total. The molecule has 4 heteroatoms. The van der Waals surface area contributed by atoms with Gasteiger partial charge in [0.15, 0.2) is 0 Å². The predicted molar refractivity (Wildman–Crippen MR) is 74.1 cm³/mol. The lowest BCUT2D eigenvalue weighted by molar-refractivity contribution is 0.463. The maximum Gasteiger partial charge on any atom is 0.146 e. The summed E-state index contributed by atoms with van der Waals surface area (Å²) in [6.45, 7) is 1.98. The second kappa shape index (κ2) is 5.07. The Bertz CT molecular complexity index is 538. The van der Waals surface area contributed by atoms with Crippen molar-refractivity contribution in [2.24, 2.45) is 11.8 Å². The Kier molecular flexibility index (Phi) is 3.27. The van der Waals surface area contributed by atoms with E-state index in [1.54, 1.807) is 0 Å². The van der Waals surface area contributed by atoms with Crippen molar-refractivity contribution in [1.29, 1.82) is 0 Å². The molecule has 1 aromatic heterocycles. The number of benzene rings is 1. The number of hydrogen-bond acceptors (Lipinski definition) is 4. The van der Waals surface area contributed by atoms with Gasteiger partial charge in [0.25, 0.3) is 0 Å². The van der Waals surface area contributed by atoms with Crippen LogP contribution in [0.25, 0.3) is 0 Å². The summed E-state index contributed by atoms with van der Waals surface area (Å²) in [5, 5.41) is 0.